The zero-order chi connectivity index (χ0) is 13.7. The SMILES string of the molecule is COc1[c]cc(Cl)cc1C=NNc1ccc(C)cc1. The summed E-state index contributed by atoms with van der Waals surface area (Å²) < 4.78 is 5.19. The van der Waals surface area contributed by atoms with Crippen LogP contribution in [0.3, 0.4) is 0 Å². The number of hydrazone groups is 1. The van der Waals surface area contributed by atoms with Crippen LogP contribution in [0.15, 0.2) is 41.5 Å². The molecule has 2 rings (SSSR count). The lowest BCUT2D eigenvalue weighted by atomic mass is 10.2. The van der Waals surface area contributed by atoms with Gasteiger partial charge in [-0.05, 0) is 31.2 Å². The van der Waals surface area contributed by atoms with Crippen LogP contribution < -0.4 is 10.2 Å². The van der Waals surface area contributed by atoms with Crippen molar-refractivity contribution in [3.05, 3.63) is 58.6 Å². The van der Waals surface area contributed by atoms with Crippen molar-refractivity contribution in [1.82, 2.24) is 0 Å². The highest BCUT2D eigenvalue weighted by atomic mass is 35.5. The minimum absolute atomic E-state index is 0.595. The van der Waals surface area contributed by atoms with E-state index in [0.29, 0.717) is 10.8 Å². The average Bonchev–Trinajstić information content (AvgIpc) is 2.41. The Bertz CT molecular complexity index is 579. The molecule has 97 valence electrons. The van der Waals surface area contributed by atoms with E-state index in [0.717, 1.165) is 11.3 Å². The Balaban J connectivity index is 2.10. The summed E-state index contributed by atoms with van der Waals surface area (Å²) in [5.74, 6) is 0.610. The molecule has 0 aliphatic rings. The Morgan fingerprint density at radius 1 is 1.32 bits per heavy atom. The van der Waals surface area contributed by atoms with Gasteiger partial charge in [-0.2, -0.15) is 5.10 Å². The first kappa shape index (κ1) is 13.4. The van der Waals surface area contributed by atoms with Gasteiger partial charge in [0.25, 0.3) is 0 Å². The van der Waals surface area contributed by atoms with Gasteiger partial charge >= 0.3 is 0 Å². The van der Waals surface area contributed by atoms with E-state index in [1.807, 2.05) is 31.2 Å². The zero-order valence-electron chi connectivity index (χ0n) is 10.8. The van der Waals surface area contributed by atoms with Gasteiger partial charge in [0.05, 0.1) is 19.0 Å². The number of anilines is 1. The molecule has 0 amide bonds. The smallest absolute Gasteiger partial charge is 0.135 e. The Kier molecular flexibility index (Phi) is 4.42. The average molecular weight is 274 g/mol. The molecule has 1 radical (unpaired) electrons. The Morgan fingerprint density at radius 2 is 2.05 bits per heavy atom. The Labute approximate surface area is 117 Å². The molecular formula is C15H14ClN2O. The number of nitrogens with one attached hydrogen (secondary N) is 1. The van der Waals surface area contributed by atoms with Crippen molar-refractivity contribution in [2.75, 3.05) is 12.5 Å². The Morgan fingerprint density at radius 3 is 2.74 bits per heavy atom. The predicted molar refractivity (Wildman–Crippen MR) is 79.2 cm³/mol. The van der Waals surface area contributed by atoms with E-state index in [1.165, 1.54) is 5.56 Å². The lowest BCUT2D eigenvalue weighted by Gasteiger charge is -2.04. The molecule has 0 aliphatic carbocycles. The van der Waals surface area contributed by atoms with Crippen molar-refractivity contribution in [3.63, 3.8) is 0 Å². The summed E-state index contributed by atoms with van der Waals surface area (Å²) in [6, 6.07) is 14.3. The molecule has 1 N–H and O–H groups in total. The van der Waals surface area contributed by atoms with Gasteiger partial charge in [0.15, 0.2) is 0 Å². The van der Waals surface area contributed by atoms with Crippen LogP contribution in [-0.4, -0.2) is 13.3 Å². The molecule has 0 fully saturated rings. The Hall–Kier alpha value is -2.00. The van der Waals surface area contributed by atoms with Gasteiger partial charge in [-0.3, -0.25) is 5.43 Å². The van der Waals surface area contributed by atoms with Crippen molar-refractivity contribution in [2.45, 2.75) is 6.92 Å². The van der Waals surface area contributed by atoms with Crippen LogP contribution in [0.5, 0.6) is 5.75 Å². The number of methoxy groups -OCH3 is 1. The van der Waals surface area contributed by atoms with Crippen LogP contribution in [0.25, 0.3) is 0 Å². The van der Waals surface area contributed by atoms with E-state index in [1.54, 1.807) is 25.5 Å². The van der Waals surface area contributed by atoms with Crippen LogP contribution in [0, 0.1) is 13.0 Å². The van der Waals surface area contributed by atoms with Gasteiger partial charge in [0, 0.05) is 16.7 Å². The molecule has 19 heavy (non-hydrogen) atoms. The van der Waals surface area contributed by atoms with Gasteiger partial charge in [0.1, 0.15) is 5.75 Å². The maximum atomic E-state index is 5.92. The largest absolute Gasteiger partial charge is 0.495 e. The fraction of sp³-hybridized carbons (Fsp3) is 0.133. The standard InChI is InChI=1S/C15H14ClN2O/c1-11-3-6-14(7-4-11)18-17-10-12-9-13(16)5-8-15(12)19-2/h3-7,9-10,18H,1-2H3. The van der Waals surface area contributed by atoms with E-state index < -0.39 is 0 Å². The van der Waals surface area contributed by atoms with Crippen LogP contribution in [0.1, 0.15) is 11.1 Å². The van der Waals surface area contributed by atoms with E-state index >= 15 is 0 Å². The van der Waals surface area contributed by atoms with Crippen molar-refractivity contribution in [3.8, 4) is 5.75 Å². The molecule has 4 heteroatoms. The van der Waals surface area contributed by atoms with Crippen LogP contribution in [0.2, 0.25) is 5.02 Å². The van der Waals surface area contributed by atoms with E-state index in [2.05, 4.69) is 16.6 Å². The third-order valence-electron chi connectivity index (χ3n) is 2.55. The first-order valence-electron chi connectivity index (χ1n) is 5.80. The lowest BCUT2D eigenvalue weighted by molar-refractivity contribution is 0.413. The monoisotopic (exact) mass is 273 g/mol. The molecule has 0 aromatic heterocycles. The topological polar surface area (TPSA) is 33.6 Å². The molecule has 0 unspecified atom stereocenters. The highest BCUT2D eigenvalue weighted by Crippen LogP contribution is 2.20. The molecular weight excluding hydrogens is 260 g/mol. The van der Waals surface area contributed by atoms with Crippen LogP contribution in [-0.2, 0) is 0 Å². The summed E-state index contributed by atoms with van der Waals surface area (Å²) in [4.78, 5) is 0. The molecule has 0 saturated heterocycles. The van der Waals surface area contributed by atoms with Crippen molar-refractivity contribution < 1.29 is 4.74 Å². The second-order valence-electron chi connectivity index (χ2n) is 4.04. The first-order chi connectivity index (χ1) is 9.19. The number of benzene rings is 2. The molecule has 0 saturated carbocycles. The fourth-order valence-electron chi connectivity index (χ4n) is 1.55. The summed E-state index contributed by atoms with van der Waals surface area (Å²) in [7, 11) is 1.59. The molecule has 2 aromatic rings. The van der Waals surface area contributed by atoms with Crippen molar-refractivity contribution >= 4 is 23.5 Å². The summed E-state index contributed by atoms with van der Waals surface area (Å²) in [5.41, 5.74) is 5.85. The second-order valence-corrected chi connectivity index (χ2v) is 4.48. The third kappa shape index (κ3) is 3.73. The van der Waals surface area contributed by atoms with Crippen molar-refractivity contribution in [1.29, 1.82) is 0 Å². The molecule has 0 atom stereocenters. The van der Waals surface area contributed by atoms with Crippen LogP contribution >= 0.6 is 11.6 Å². The first-order valence-corrected chi connectivity index (χ1v) is 6.18. The van der Waals surface area contributed by atoms with Gasteiger partial charge in [-0.25, -0.2) is 0 Å². The quantitative estimate of drug-likeness (QED) is 0.677. The molecule has 0 aliphatic heterocycles. The van der Waals surface area contributed by atoms with Gasteiger partial charge in [-0.15, -0.1) is 0 Å². The summed E-state index contributed by atoms with van der Waals surface area (Å²) in [6.45, 7) is 2.04. The van der Waals surface area contributed by atoms with E-state index in [4.69, 9.17) is 16.3 Å². The number of ether oxygens (including phenoxy) is 1. The lowest BCUT2D eigenvalue weighted by Crippen LogP contribution is -1.94. The predicted octanol–water partition coefficient (Wildman–Crippen LogP) is 3.90. The molecule has 0 heterocycles. The number of aryl methyl sites for hydroxylation is 1. The number of hydrogen-bond acceptors (Lipinski definition) is 3. The number of nitrogens with zero attached hydrogens (tertiary/aromatic N) is 1. The van der Waals surface area contributed by atoms with E-state index in [9.17, 15) is 0 Å². The number of hydrogen-bond donors (Lipinski definition) is 1. The van der Waals surface area contributed by atoms with Crippen LogP contribution in [0.4, 0.5) is 5.69 Å². The number of halogens is 1. The minimum atomic E-state index is 0.595. The van der Waals surface area contributed by atoms with Gasteiger partial charge < -0.3 is 4.74 Å². The third-order valence-corrected chi connectivity index (χ3v) is 2.77. The fourth-order valence-corrected chi connectivity index (χ4v) is 1.72. The molecule has 0 bridgehead atoms. The molecule has 3 nitrogen and oxygen atoms in total. The molecule has 0 spiro atoms. The normalized spacial score (nSPS) is 10.7. The summed E-state index contributed by atoms with van der Waals surface area (Å²) >= 11 is 5.92. The maximum absolute atomic E-state index is 5.92. The highest BCUT2D eigenvalue weighted by molar-refractivity contribution is 6.30. The van der Waals surface area contributed by atoms with Crippen molar-refractivity contribution in [2.24, 2.45) is 5.10 Å². The highest BCUT2D eigenvalue weighted by Gasteiger charge is 2.01. The summed E-state index contributed by atoms with van der Waals surface area (Å²) in [6.07, 6.45) is 1.65. The summed E-state index contributed by atoms with van der Waals surface area (Å²) in [5, 5.41) is 4.75. The zero-order valence-corrected chi connectivity index (χ0v) is 11.5. The second kappa shape index (κ2) is 6.25. The molecule has 2 aromatic carbocycles. The number of rotatable bonds is 4. The maximum Gasteiger partial charge on any atom is 0.135 e. The van der Waals surface area contributed by atoms with E-state index in [-0.39, 0.29) is 0 Å². The van der Waals surface area contributed by atoms with Gasteiger partial charge in [0.2, 0.25) is 0 Å². The van der Waals surface area contributed by atoms with Gasteiger partial charge in [-0.1, -0.05) is 29.3 Å². The minimum Gasteiger partial charge on any atom is -0.495 e.